The lowest BCUT2D eigenvalue weighted by Gasteiger charge is -1.67. The number of hydrogen-bond acceptors (Lipinski definition) is 2. The Bertz CT molecular complexity index is 98.9. The molecule has 0 radical (unpaired) electrons. The van der Waals surface area contributed by atoms with E-state index in [1.807, 2.05) is 0 Å². The highest BCUT2D eigenvalue weighted by Gasteiger charge is 1.61. The third-order valence-corrected chi connectivity index (χ3v) is 0.322. The quantitative estimate of drug-likeness (QED) is 0.390. The van der Waals surface area contributed by atoms with Crippen molar-refractivity contribution in [3.63, 3.8) is 0 Å². The van der Waals surface area contributed by atoms with Crippen molar-refractivity contribution in [1.82, 2.24) is 5.43 Å². The largest absolute Gasteiger partial charge is 0.269 e. The molecule has 0 saturated heterocycles. The third-order valence-electron chi connectivity index (χ3n) is 0.322. The fourth-order valence-electron chi connectivity index (χ4n) is 0.161. The molecule has 0 aromatic carbocycles. The van der Waals surface area contributed by atoms with E-state index in [0.717, 1.165) is 0 Å². The smallest absolute Gasteiger partial charge is 0.0726 e. The highest BCUT2D eigenvalue weighted by Crippen LogP contribution is 1.59. The maximum Gasteiger partial charge on any atom is 0.0726 e. The summed E-state index contributed by atoms with van der Waals surface area (Å²) in [5.74, 6) is 2.43. The van der Waals surface area contributed by atoms with Gasteiger partial charge in [0.25, 0.3) is 0 Å². The lowest BCUT2D eigenvalue weighted by atomic mass is 10.9. The van der Waals surface area contributed by atoms with Crippen molar-refractivity contribution < 1.29 is 0 Å². The topological polar surface area (TPSA) is 24.4 Å². The van der Waals surface area contributed by atoms with Crippen LogP contribution in [0.3, 0.4) is 0 Å². The molecule has 0 aromatic rings. The van der Waals surface area contributed by atoms with Gasteiger partial charge in [0.15, 0.2) is 0 Å². The molecule has 2 heteroatoms. The molecule has 1 aliphatic heterocycles. The molecule has 0 amide bonds. The Morgan fingerprint density at radius 3 is 3.00 bits per heavy atom. The summed E-state index contributed by atoms with van der Waals surface area (Å²) in [4.78, 5) is 0. The average molecular weight is 66.1 g/mol. The normalized spacial score (nSPS) is 12.8. The molecular formula is C3H2N2. The van der Waals surface area contributed by atoms with E-state index in [1.54, 1.807) is 6.20 Å². The van der Waals surface area contributed by atoms with Gasteiger partial charge in [0.2, 0.25) is 0 Å². The Morgan fingerprint density at radius 2 is 2.80 bits per heavy atom. The van der Waals surface area contributed by atoms with Gasteiger partial charge in [-0.25, -0.2) is 0 Å². The molecule has 1 N–H and O–H groups in total. The van der Waals surface area contributed by atoms with Crippen LogP contribution in [0.5, 0.6) is 0 Å². The Morgan fingerprint density at radius 1 is 1.80 bits per heavy atom. The Balaban J connectivity index is 3.17. The summed E-state index contributed by atoms with van der Waals surface area (Å²) in [7, 11) is 0. The maximum atomic E-state index is 3.42. The number of hydrazone groups is 1. The molecule has 0 fully saturated rings. The van der Waals surface area contributed by atoms with E-state index in [0.29, 0.717) is 0 Å². The highest BCUT2D eigenvalue weighted by atomic mass is 15.3. The minimum atomic E-state index is 1.58. The molecule has 1 heterocycles. The van der Waals surface area contributed by atoms with Gasteiger partial charge in [-0.2, -0.15) is 0 Å². The van der Waals surface area contributed by atoms with Gasteiger partial charge in [-0.15, -0.1) is 5.10 Å². The summed E-state index contributed by atoms with van der Waals surface area (Å²) in [6, 6.07) is 0. The van der Waals surface area contributed by atoms with Crippen molar-refractivity contribution in [2.45, 2.75) is 0 Å². The van der Waals surface area contributed by atoms with Gasteiger partial charge in [0.05, 0.1) is 12.1 Å². The SMILES string of the molecule is C1=C=NNC=1. The van der Waals surface area contributed by atoms with Crippen LogP contribution >= 0.6 is 0 Å². The van der Waals surface area contributed by atoms with E-state index in [4.69, 9.17) is 0 Å². The minimum absolute atomic E-state index is 1.58. The van der Waals surface area contributed by atoms with Crippen LogP contribution in [0.1, 0.15) is 0 Å². The number of hydrogen-bond donors (Lipinski definition) is 1. The standard InChI is InChI=1S/C3H2N2/c1-2-4-5-3-1/h2,4H. The second-order valence-electron chi connectivity index (χ2n) is 0.641. The van der Waals surface area contributed by atoms with Crippen molar-refractivity contribution >= 4 is 5.87 Å². The summed E-state index contributed by atoms with van der Waals surface area (Å²) >= 11 is 0. The molecule has 2 nitrogen and oxygen atoms in total. The third kappa shape index (κ3) is 0.198. The maximum absolute atomic E-state index is 3.42. The minimum Gasteiger partial charge on any atom is -0.269 e. The Hall–Kier alpha value is -0.970. The fourth-order valence-corrected chi connectivity index (χ4v) is 0.161. The zero-order valence-electron chi connectivity index (χ0n) is 2.52. The number of rotatable bonds is 0. The predicted octanol–water partition coefficient (Wildman–Crippen LogP) is -0.157. The van der Waals surface area contributed by atoms with Gasteiger partial charge in [0.1, 0.15) is 0 Å². The van der Waals surface area contributed by atoms with Crippen molar-refractivity contribution in [2.24, 2.45) is 5.10 Å². The van der Waals surface area contributed by atoms with Crippen molar-refractivity contribution in [1.29, 1.82) is 0 Å². The van der Waals surface area contributed by atoms with E-state index in [2.05, 4.69) is 22.1 Å². The van der Waals surface area contributed by atoms with Gasteiger partial charge in [-0.05, 0) is 5.73 Å². The fraction of sp³-hybridized carbons (Fsp3) is 0. The van der Waals surface area contributed by atoms with E-state index in [1.165, 1.54) is 0 Å². The Labute approximate surface area is 29.5 Å². The van der Waals surface area contributed by atoms with E-state index < -0.39 is 0 Å². The van der Waals surface area contributed by atoms with E-state index in [9.17, 15) is 0 Å². The molecular weight excluding hydrogens is 64.0 g/mol. The second kappa shape index (κ2) is 0.769. The highest BCUT2D eigenvalue weighted by molar-refractivity contribution is 5.51. The van der Waals surface area contributed by atoms with Crippen LogP contribution in [0.4, 0.5) is 0 Å². The van der Waals surface area contributed by atoms with Crippen LogP contribution in [-0.4, -0.2) is 5.87 Å². The van der Waals surface area contributed by atoms with Crippen molar-refractivity contribution in [3.05, 3.63) is 11.9 Å². The molecule has 24 valence electrons. The van der Waals surface area contributed by atoms with Crippen LogP contribution in [0.25, 0.3) is 0 Å². The molecule has 5 heavy (non-hydrogen) atoms. The van der Waals surface area contributed by atoms with Crippen LogP contribution < -0.4 is 5.43 Å². The summed E-state index contributed by atoms with van der Waals surface area (Å²) in [5, 5.41) is 3.42. The predicted molar refractivity (Wildman–Crippen MR) is 18.7 cm³/mol. The first-order valence-electron chi connectivity index (χ1n) is 1.27. The van der Waals surface area contributed by atoms with Crippen LogP contribution in [0.2, 0.25) is 0 Å². The van der Waals surface area contributed by atoms with E-state index in [-0.39, 0.29) is 0 Å². The van der Waals surface area contributed by atoms with Crippen LogP contribution in [0.15, 0.2) is 17.0 Å². The molecule has 0 spiro atoms. The first-order valence-corrected chi connectivity index (χ1v) is 1.27. The van der Waals surface area contributed by atoms with Crippen LogP contribution in [0, 0.1) is 0 Å². The zero-order chi connectivity index (χ0) is 3.54. The molecule has 1 aliphatic rings. The van der Waals surface area contributed by atoms with Gasteiger partial charge >= 0.3 is 0 Å². The molecule has 0 atom stereocenters. The molecule has 0 bridgehead atoms. The lowest BCUT2D eigenvalue weighted by molar-refractivity contribution is 0.996. The van der Waals surface area contributed by atoms with Crippen molar-refractivity contribution in [2.75, 3.05) is 0 Å². The zero-order valence-corrected chi connectivity index (χ0v) is 2.52. The summed E-state index contributed by atoms with van der Waals surface area (Å²) < 4.78 is 0. The first kappa shape index (κ1) is 2.28. The lowest BCUT2D eigenvalue weighted by Crippen LogP contribution is -1.83. The molecule has 0 aliphatic carbocycles. The number of nitrogens with one attached hydrogen (secondary N) is 1. The summed E-state index contributed by atoms with van der Waals surface area (Å²) in [6.45, 7) is 0. The molecule has 0 unspecified atom stereocenters. The Kier molecular flexibility index (Phi) is 0.350. The van der Waals surface area contributed by atoms with Gasteiger partial charge in [-0.3, -0.25) is 5.43 Å². The average Bonchev–Trinajstić information content (AvgIpc) is 1.76. The summed E-state index contributed by atoms with van der Waals surface area (Å²) in [6.07, 6.45) is 1.58. The first-order chi connectivity index (χ1) is 2.50. The number of nitrogens with zero attached hydrogens (tertiary/aromatic N) is 1. The monoisotopic (exact) mass is 66.0 g/mol. The van der Waals surface area contributed by atoms with Gasteiger partial charge < -0.3 is 0 Å². The van der Waals surface area contributed by atoms with Gasteiger partial charge in [0, 0.05) is 0 Å². The second-order valence-corrected chi connectivity index (χ2v) is 0.641. The van der Waals surface area contributed by atoms with Crippen molar-refractivity contribution in [3.8, 4) is 0 Å². The van der Waals surface area contributed by atoms with E-state index >= 15 is 0 Å². The van der Waals surface area contributed by atoms with Gasteiger partial charge in [-0.1, -0.05) is 0 Å². The summed E-state index contributed by atoms with van der Waals surface area (Å²) in [5.41, 5.74) is 5.07. The molecule has 0 saturated carbocycles. The molecule has 0 aromatic heterocycles. The van der Waals surface area contributed by atoms with Crippen LogP contribution in [-0.2, 0) is 0 Å². The molecule has 1 rings (SSSR count).